The van der Waals surface area contributed by atoms with E-state index in [1.165, 1.54) is 0 Å². The average molecular weight is 275 g/mol. The maximum Gasteiger partial charge on any atom is 0.237 e. The summed E-state index contributed by atoms with van der Waals surface area (Å²) in [6.45, 7) is 9.05. The van der Waals surface area contributed by atoms with Crippen LogP contribution in [0.25, 0.3) is 0 Å². The van der Waals surface area contributed by atoms with E-state index in [4.69, 9.17) is 5.73 Å². The Morgan fingerprint density at radius 1 is 1.56 bits per heavy atom. The van der Waals surface area contributed by atoms with Gasteiger partial charge < -0.3 is 11.1 Å². The van der Waals surface area contributed by atoms with Crippen molar-refractivity contribution in [2.75, 3.05) is 6.54 Å². The van der Waals surface area contributed by atoms with Crippen LogP contribution < -0.4 is 11.1 Å². The van der Waals surface area contributed by atoms with E-state index >= 15 is 0 Å². The van der Waals surface area contributed by atoms with E-state index in [-0.39, 0.29) is 23.7 Å². The molecule has 1 atom stereocenters. The van der Waals surface area contributed by atoms with Crippen molar-refractivity contribution in [2.45, 2.75) is 40.3 Å². The van der Waals surface area contributed by atoms with E-state index in [0.717, 1.165) is 5.56 Å². The molecule has 18 heavy (non-hydrogen) atoms. The van der Waals surface area contributed by atoms with Gasteiger partial charge in [0.25, 0.3) is 0 Å². The number of carbonyl (C=O) groups excluding carboxylic acids is 1. The molecule has 0 unspecified atom stereocenters. The maximum absolute atomic E-state index is 11.7. The molecule has 1 aromatic heterocycles. The Morgan fingerprint density at radius 3 is 2.61 bits per heavy atom. The predicted molar refractivity (Wildman–Crippen MR) is 74.7 cm³/mol. The molecule has 0 aliphatic heterocycles. The predicted octanol–water partition coefficient (Wildman–Crippen LogP) is 1.10. The summed E-state index contributed by atoms with van der Waals surface area (Å²) < 4.78 is 1.80. The number of aromatic nitrogens is 2. The van der Waals surface area contributed by atoms with Crippen molar-refractivity contribution >= 4 is 18.3 Å². The smallest absolute Gasteiger partial charge is 0.237 e. The van der Waals surface area contributed by atoms with E-state index in [0.29, 0.717) is 13.1 Å². The quantitative estimate of drug-likeness (QED) is 0.864. The van der Waals surface area contributed by atoms with Gasteiger partial charge in [-0.2, -0.15) is 5.10 Å². The number of hydrogen-bond donors (Lipinski definition) is 2. The molecule has 1 aromatic rings. The van der Waals surface area contributed by atoms with Crippen molar-refractivity contribution in [3.05, 3.63) is 18.0 Å². The third-order valence-corrected chi connectivity index (χ3v) is 2.62. The molecule has 0 radical (unpaired) electrons. The van der Waals surface area contributed by atoms with Crippen LogP contribution in [-0.2, 0) is 11.3 Å². The van der Waals surface area contributed by atoms with Gasteiger partial charge in [0.2, 0.25) is 5.91 Å². The van der Waals surface area contributed by atoms with Crippen LogP contribution in [0.2, 0.25) is 0 Å². The summed E-state index contributed by atoms with van der Waals surface area (Å²) in [6, 6.07) is -0.484. The van der Waals surface area contributed by atoms with Crippen LogP contribution >= 0.6 is 12.4 Å². The van der Waals surface area contributed by atoms with Crippen LogP contribution in [0, 0.1) is 12.3 Å². The molecule has 0 aliphatic carbocycles. The fourth-order valence-corrected chi connectivity index (χ4v) is 1.39. The molecule has 0 bridgehead atoms. The van der Waals surface area contributed by atoms with Gasteiger partial charge in [0, 0.05) is 12.7 Å². The molecule has 104 valence electrons. The number of rotatable bonds is 4. The molecule has 0 aliphatic rings. The van der Waals surface area contributed by atoms with Crippen molar-refractivity contribution in [1.29, 1.82) is 0 Å². The van der Waals surface area contributed by atoms with Crippen LogP contribution in [0.15, 0.2) is 12.4 Å². The molecule has 0 saturated heterocycles. The molecule has 1 amide bonds. The SMILES string of the molecule is Cc1cnn(CCNC(=O)[C@@H](N)C(C)(C)C)c1.Cl. The highest BCUT2D eigenvalue weighted by Gasteiger charge is 2.26. The molecule has 0 spiro atoms. The molecular weight excluding hydrogens is 252 g/mol. The molecule has 5 nitrogen and oxygen atoms in total. The first-order valence-electron chi connectivity index (χ1n) is 5.83. The van der Waals surface area contributed by atoms with Gasteiger partial charge in [-0.3, -0.25) is 9.48 Å². The summed E-state index contributed by atoms with van der Waals surface area (Å²) in [5.41, 5.74) is 6.74. The number of halogens is 1. The van der Waals surface area contributed by atoms with E-state index < -0.39 is 6.04 Å². The molecule has 3 N–H and O–H groups in total. The molecule has 1 heterocycles. The minimum atomic E-state index is -0.484. The lowest BCUT2D eigenvalue weighted by atomic mass is 9.87. The summed E-state index contributed by atoms with van der Waals surface area (Å²) in [5, 5.41) is 6.96. The van der Waals surface area contributed by atoms with Crippen LogP contribution in [0.3, 0.4) is 0 Å². The monoisotopic (exact) mass is 274 g/mol. The minimum Gasteiger partial charge on any atom is -0.353 e. The second-order valence-corrected chi connectivity index (χ2v) is 5.42. The number of carbonyl (C=O) groups is 1. The van der Waals surface area contributed by atoms with Gasteiger partial charge in [0.1, 0.15) is 0 Å². The number of amides is 1. The first-order valence-corrected chi connectivity index (χ1v) is 5.83. The second kappa shape index (κ2) is 6.75. The fourth-order valence-electron chi connectivity index (χ4n) is 1.39. The number of nitrogens with one attached hydrogen (secondary N) is 1. The van der Waals surface area contributed by atoms with Gasteiger partial charge in [0.05, 0.1) is 18.8 Å². The highest BCUT2D eigenvalue weighted by molar-refractivity contribution is 5.85. The lowest BCUT2D eigenvalue weighted by molar-refractivity contribution is -0.124. The highest BCUT2D eigenvalue weighted by Crippen LogP contribution is 2.16. The third kappa shape index (κ3) is 5.06. The zero-order valence-electron chi connectivity index (χ0n) is 11.4. The Hall–Kier alpha value is -1.07. The van der Waals surface area contributed by atoms with Crippen LogP contribution in [0.1, 0.15) is 26.3 Å². The van der Waals surface area contributed by atoms with E-state index in [1.807, 2.05) is 33.9 Å². The number of nitrogens with zero attached hydrogens (tertiary/aromatic N) is 2. The molecule has 6 heteroatoms. The van der Waals surface area contributed by atoms with E-state index in [9.17, 15) is 4.79 Å². The Labute approximate surface area is 115 Å². The zero-order valence-corrected chi connectivity index (χ0v) is 12.3. The molecule has 0 saturated carbocycles. The lowest BCUT2D eigenvalue weighted by Crippen LogP contribution is -2.49. The second-order valence-electron chi connectivity index (χ2n) is 5.42. The normalized spacial score (nSPS) is 12.7. The van der Waals surface area contributed by atoms with Gasteiger partial charge >= 0.3 is 0 Å². The zero-order chi connectivity index (χ0) is 13.1. The lowest BCUT2D eigenvalue weighted by Gasteiger charge is -2.25. The highest BCUT2D eigenvalue weighted by atomic mass is 35.5. The molecule has 0 aromatic carbocycles. The fraction of sp³-hybridized carbons (Fsp3) is 0.667. The van der Waals surface area contributed by atoms with Crippen molar-refractivity contribution in [2.24, 2.45) is 11.1 Å². The van der Waals surface area contributed by atoms with Crippen LogP contribution in [0.4, 0.5) is 0 Å². The van der Waals surface area contributed by atoms with Gasteiger partial charge in [-0.1, -0.05) is 20.8 Å². The Balaban J connectivity index is 0.00000289. The minimum absolute atomic E-state index is 0. The van der Waals surface area contributed by atoms with Crippen LogP contribution in [0.5, 0.6) is 0 Å². The molecular formula is C12H23ClN4O. The summed E-state index contributed by atoms with van der Waals surface area (Å²) in [6.07, 6.45) is 3.73. The van der Waals surface area contributed by atoms with Crippen molar-refractivity contribution < 1.29 is 4.79 Å². The number of hydrogen-bond acceptors (Lipinski definition) is 3. The Bertz CT molecular complexity index is 384. The number of nitrogens with two attached hydrogens (primary N) is 1. The van der Waals surface area contributed by atoms with Gasteiger partial charge in [-0.25, -0.2) is 0 Å². The summed E-state index contributed by atoms with van der Waals surface area (Å²) >= 11 is 0. The Kier molecular flexibility index (Phi) is 6.35. The van der Waals surface area contributed by atoms with E-state index in [1.54, 1.807) is 10.9 Å². The molecule has 1 rings (SSSR count). The maximum atomic E-state index is 11.7. The standard InChI is InChI=1S/C12H22N4O.ClH/c1-9-7-15-16(8-9)6-5-14-11(17)10(13)12(2,3)4;/h7-8,10H,5-6,13H2,1-4H3,(H,14,17);1H/t10-;/m1./s1. The van der Waals surface area contributed by atoms with Gasteiger partial charge in [-0.15, -0.1) is 12.4 Å². The van der Waals surface area contributed by atoms with E-state index in [2.05, 4.69) is 10.4 Å². The summed E-state index contributed by atoms with van der Waals surface area (Å²) in [4.78, 5) is 11.7. The van der Waals surface area contributed by atoms with Crippen LogP contribution in [-0.4, -0.2) is 28.3 Å². The van der Waals surface area contributed by atoms with Crippen molar-refractivity contribution in [3.63, 3.8) is 0 Å². The average Bonchev–Trinajstić information content (AvgIpc) is 2.61. The van der Waals surface area contributed by atoms with Crippen molar-refractivity contribution in [3.8, 4) is 0 Å². The van der Waals surface area contributed by atoms with Gasteiger partial charge in [-0.05, 0) is 17.9 Å². The molecule has 0 fully saturated rings. The first-order chi connectivity index (χ1) is 7.80. The third-order valence-electron chi connectivity index (χ3n) is 2.62. The number of aryl methyl sites for hydroxylation is 1. The summed E-state index contributed by atoms with van der Waals surface area (Å²) in [7, 11) is 0. The Morgan fingerprint density at radius 2 is 2.17 bits per heavy atom. The van der Waals surface area contributed by atoms with Crippen molar-refractivity contribution in [1.82, 2.24) is 15.1 Å². The first kappa shape index (κ1) is 16.9. The topological polar surface area (TPSA) is 72.9 Å². The summed E-state index contributed by atoms with van der Waals surface area (Å²) in [5.74, 6) is -0.110. The van der Waals surface area contributed by atoms with Gasteiger partial charge in [0.15, 0.2) is 0 Å². The largest absolute Gasteiger partial charge is 0.353 e.